The second kappa shape index (κ2) is 9.71. The van der Waals surface area contributed by atoms with Gasteiger partial charge in [0.2, 0.25) is 0 Å². The molecule has 0 fully saturated rings. The number of hydrogen-bond donors (Lipinski definition) is 0. The minimum absolute atomic E-state index is 0.793. The van der Waals surface area contributed by atoms with E-state index in [0.29, 0.717) is 0 Å². The lowest BCUT2D eigenvalue weighted by Crippen LogP contribution is -2.16. The van der Waals surface area contributed by atoms with Gasteiger partial charge in [0.25, 0.3) is 0 Å². The molecule has 0 atom stereocenters. The molecule has 0 spiro atoms. The molecule has 6 heteroatoms. The molecule has 44 heavy (non-hydrogen) atoms. The van der Waals surface area contributed by atoms with Crippen LogP contribution >= 0.6 is 0 Å². The average Bonchev–Trinajstić information content (AvgIpc) is 3.70. The predicted octanol–water partition coefficient (Wildman–Crippen LogP) is 9.61. The molecular weight excluding hydrogens is 542 g/mol. The van der Waals surface area contributed by atoms with E-state index in [9.17, 15) is 0 Å². The fraction of sp³-hybridized carbons (Fsp3) is 0. The number of fused-ring (bicyclic) bond motifs is 5. The maximum absolute atomic E-state index is 6.37. The van der Waals surface area contributed by atoms with Gasteiger partial charge in [-0.2, -0.15) is 5.10 Å². The van der Waals surface area contributed by atoms with Gasteiger partial charge < -0.3 is 14.2 Å². The number of hydrogen-bond acceptors (Lipinski definition) is 4. The Kier molecular flexibility index (Phi) is 5.40. The first kappa shape index (κ1) is 24.5. The summed E-state index contributed by atoms with van der Waals surface area (Å²) in [7, 11) is 0. The molecule has 208 valence electrons. The number of nitrogens with zero attached hydrogens (tertiary/aromatic N) is 5. The van der Waals surface area contributed by atoms with Crippen molar-refractivity contribution in [2.45, 2.75) is 0 Å². The molecule has 0 N–H and O–H groups in total. The van der Waals surface area contributed by atoms with Crippen molar-refractivity contribution < 1.29 is 4.74 Å². The fourth-order valence-electron chi connectivity index (χ4n) is 6.27. The van der Waals surface area contributed by atoms with E-state index < -0.39 is 0 Å². The summed E-state index contributed by atoms with van der Waals surface area (Å²) in [5.41, 5.74) is 9.16. The summed E-state index contributed by atoms with van der Waals surface area (Å²) in [4.78, 5) is 6.83. The molecule has 8 aromatic rings. The molecule has 0 amide bonds. The predicted molar refractivity (Wildman–Crippen MR) is 176 cm³/mol. The Bertz CT molecular complexity index is 2280. The molecule has 6 nitrogen and oxygen atoms in total. The van der Waals surface area contributed by atoms with E-state index >= 15 is 0 Å². The van der Waals surface area contributed by atoms with Crippen molar-refractivity contribution in [1.82, 2.24) is 19.3 Å². The number of rotatable bonds is 4. The van der Waals surface area contributed by atoms with Crippen molar-refractivity contribution in [3.63, 3.8) is 0 Å². The summed E-state index contributed by atoms with van der Waals surface area (Å²) in [5, 5.41) is 7.29. The highest BCUT2D eigenvalue weighted by molar-refractivity contribution is 6.09. The van der Waals surface area contributed by atoms with Crippen LogP contribution in [-0.4, -0.2) is 19.3 Å². The Hall–Kier alpha value is -6.14. The molecule has 0 saturated carbocycles. The van der Waals surface area contributed by atoms with E-state index in [1.807, 2.05) is 59.5 Å². The summed E-state index contributed by atoms with van der Waals surface area (Å²) >= 11 is 0. The fourth-order valence-corrected chi connectivity index (χ4v) is 6.27. The first-order valence-electron chi connectivity index (χ1n) is 14.6. The molecule has 4 heterocycles. The Morgan fingerprint density at radius 3 is 2.09 bits per heavy atom. The van der Waals surface area contributed by atoms with E-state index in [1.165, 1.54) is 10.8 Å². The lowest BCUT2D eigenvalue weighted by atomic mass is 10.1. The van der Waals surface area contributed by atoms with Gasteiger partial charge >= 0.3 is 0 Å². The Balaban J connectivity index is 1.16. The van der Waals surface area contributed by atoms with Crippen molar-refractivity contribution in [3.8, 4) is 34.1 Å². The lowest BCUT2D eigenvalue weighted by Gasteiger charge is -2.33. The first-order valence-corrected chi connectivity index (χ1v) is 14.6. The lowest BCUT2D eigenvalue weighted by molar-refractivity contribution is 0.477. The minimum atomic E-state index is 0.793. The van der Waals surface area contributed by atoms with E-state index in [4.69, 9.17) is 9.84 Å². The number of para-hydroxylation sites is 4. The Morgan fingerprint density at radius 2 is 1.27 bits per heavy atom. The smallest absolute Gasteiger partial charge is 0.151 e. The number of benzene rings is 5. The molecule has 0 unspecified atom stereocenters. The molecule has 0 radical (unpaired) electrons. The van der Waals surface area contributed by atoms with Crippen molar-refractivity contribution >= 4 is 38.9 Å². The third-order valence-corrected chi connectivity index (χ3v) is 8.25. The van der Waals surface area contributed by atoms with Gasteiger partial charge in [0.05, 0.1) is 51.9 Å². The van der Waals surface area contributed by atoms with E-state index in [1.54, 1.807) is 0 Å². The average molecular weight is 568 g/mol. The zero-order valence-corrected chi connectivity index (χ0v) is 23.6. The summed E-state index contributed by atoms with van der Waals surface area (Å²) in [5.74, 6) is 1.60. The molecule has 5 aromatic carbocycles. The number of anilines is 3. The Morgan fingerprint density at radius 1 is 0.545 bits per heavy atom. The summed E-state index contributed by atoms with van der Waals surface area (Å²) in [6.45, 7) is 0. The van der Waals surface area contributed by atoms with Crippen LogP contribution in [0.15, 0.2) is 152 Å². The standard InChI is InChI=1S/C38H25N5O/c1-3-15-33-30(12-1)31-13-2-4-16-34(31)43(33)29-24-40-41(25-29)27-10-9-11-28(23-27)42-35-17-5-6-18-37(35)44-38-20-19-26(22-36(38)42)32-14-7-8-21-39-32/h1-25H. The zero-order chi connectivity index (χ0) is 29.0. The largest absolute Gasteiger partial charge is 0.453 e. The van der Waals surface area contributed by atoms with Gasteiger partial charge in [-0.1, -0.05) is 60.7 Å². The molecule has 0 aliphatic carbocycles. The van der Waals surface area contributed by atoms with Gasteiger partial charge in [-0.3, -0.25) is 4.98 Å². The topological polar surface area (TPSA) is 48.1 Å². The van der Waals surface area contributed by atoms with Crippen LogP contribution in [0.25, 0.3) is 44.4 Å². The second-order valence-corrected chi connectivity index (χ2v) is 10.8. The quantitative estimate of drug-likeness (QED) is 0.212. The SMILES string of the molecule is c1ccc(-c2ccc3c(c2)N(c2cccc(-n4cc(-n5c6ccccc6c6ccccc65)cn4)c2)c2ccccc2O3)nc1. The van der Waals surface area contributed by atoms with Crippen LogP contribution in [0.1, 0.15) is 0 Å². The van der Waals surface area contributed by atoms with Crippen molar-refractivity contribution in [2.24, 2.45) is 0 Å². The molecule has 0 bridgehead atoms. The number of aromatic nitrogens is 4. The van der Waals surface area contributed by atoms with Crippen molar-refractivity contribution in [3.05, 3.63) is 152 Å². The Labute approximate surface area is 253 Å². The maximum Gasteiger partial charge on any atom is 0.151 e. The molecule has 1 aliphatic rings. The van der Waals surface area contributed by atoms with Crippen LogP contribution in [-0.2, 0) is 0 Å². The van der Waals surface area contributed by atoms with Gasteiger partial charge in [-0.25, -0.2) is 4.68 Å². The van der Waals surface area contributed by atoms with E-state index in [-0.39, 0.29) is 0 Å². The van der Waals surface area contributed by atoms with Gasteiger partial charge in [0, 0.05) is 28.2 Å². The number of pyridine rings is 1. The summed E-state index contributed by atoms with van der Waals surface area (Å²) < 4.78 is 10.6. The van der Waals surface area contributed by atoms with Crippen LogP contribution in [0, 0.1) is 0 Å². The van der Waals surface area contributed by atoms with Crippen molar-refractivity contribution in [1.29, 1.82) is 0 Å². The van der Waals surface area contributed by atoms with Gasteiger partial charge in [0.15, 0.2) is 11.5 Å². The monoisotopic (exact) mass is 567 g/mol. The minimum Gasteiger partial charge on any atom is -0.453 e. The summed E-state index contributed by atoms with van der Waals surface area (Å²) in [6.07, 6.45) is 5.85. The maximum atomic E-state index is 6.37. The van der Waals surface area contributed by atoms with Gasteiger partial charge in [-0.05, 0) is 72.8 Å². The van der Waals surface area contributed by atoms with E-state index in [2.05, 4.69) is 112 Å². The molecule has 3 aromatic heterocycles. The van der Waals surface area contributed by atoms with Crippen molar-refractivity contribution in [2.75, 3.05) is 4.90 Å². The second-order valence-electron chi connectivity index (χ2n) is 10.8. The summed E-state index contributed by atoms with van der Waals surface area (Å²) in [6, 6.07) is 45.8. The van der Waals surface area contributed by atoms with Crippen LogP contribution < -0.4 is 9.64 Å². The highest BCUT2D eigenvalue weighted by Gasteiger charge is 2.26. The van der Waals surface area contributed by atoms with Crippen LogP contribution in [0.2, 0.25) is 0 Å². The third kappa shape index (κ3) is 3.82. The third-order valence-electron chi connectivity index (χ3n) is 8.25. The van der Waals surface area contributed by atoms with E-state index in [0.717, 1.165) is 62.2 Å². The molecule has 1 aliphatic heterocycles. The molecular formula is C38H25N5O. The van der Waals surface area contributed by atoms with Crippen LogP contribution in [0.4, 0.5) is 17.1 Å². The van der Waals surface area contributed by atoms with Crippen LogP contribution in [0.3, 0.4) is 0 Å². The highest BCUT2D eigenvalue weighted by Crippen LogP contribution is 2.51. The zero-order valence-electron chi connectivity index (χ0n) is 23.6. The van der Waals surface area contributed by atoms with Crippen LogP contribution in [0.5, 0.6) is 11.5 Å². The first-order chi connectivity index (χ1) is 21.8. The molecule has 0 saturated heterocycles. The van der Waals surface area contributed by atoms with Gasteiger partial charge in [-0.15, -0.1) is 0 Å². The molecule has 9 rings (SSSR count). The van der Waals surface area contributed by atoms with Gasteiger partial charge in [0.1, 0.15) is 0 Å². The normalized spacial score (nSPS) is 12.2. The highest BCUT2D eigenvalue weighted by atomic mass is 16.5. The number of ether oxygens (including phenoxy) is 1.